The molecule has 1 aromatic rings. The molecule has 0 aliphatic rings. The summed E-state index contributed by atoms with van der Waals surface area (Å²) in [7, 11) is 0. The first-order valence-corrected chi connectivity index (χ1v) is 6.24. The Bertz CT molecular complexity index is 313. The van der Waals surface area contributed by atoms with E-state index in [0.717, 1.165) is 25.1 Å². The van der Waals surface area contributed by atoms with Gasteiger partial charge in [-0.25, -0.2) is 0 Å². The first kappa shape index (κ1) is 13.0. The van der Waals surface area contributed by atoms with Crippen molar-refractivity contribution in [3.05, 3.63) is 30.3 Å². The van der Waals surface area contributed by atoms with Crippen LogP contribution in [-0.4, -0.2) is 18.3 Å². The third-order valence-electron chi connectivity index (χ3n) is 2.44. The first-order chi connectivity index (χ1) is 7.79. The van der Waals surface area contributed by atoms with Gasteiger partial charge in [0.25, 0.3) is 0 Å². The number of amides is 1. The largest absolute Gasteiger partial charge is 0.312 e. The Morgan fingerprint density at radius 3 is 2.50 bits per heavy atom. The molecular formula is C13H18ClNO. The van der Waals surface area contributed by atoms with Crippen LogP contribution in [0, 0.1) is 0 Å². The summed E-state index contributed by atoms with van der Waals surface area (Å²) in [4.78, 5) is 13.6. The second-order valence-corrected chi connectivity index (χ2v) is 4.01. The van der Waals surface area contributed by atoms with E-state index < -0.39 is 0 Å². The Kier molecular flexibility index (Phi) is 5.94. The van der Waals surface area contributed by atoms with E-state index in [1.165, 1.54) is 0 Å². The molecule has 0 aliphatic heterocycles. The molecule has 0 aromatic heterocycles. The second-order valence-electron chi connectivity index (χ2n) is 3.63. The third-order valence-corrected chi connectivity index (χ3v) is 2.70. The number of nitrogens with zero attached hydrogens (tertiary/aromatic N) is 1. The number of anilines is 1. The zero-order valence-corrected chi connectivity index (χ0v) is 10.4. The van der Waals surface area contributed by atoms with Gasteiger partial charge in [-0.1, -0.05) is 25.1 Å². The van der Waals surface area contributed by atoms with Crippen molar-refractivity contribution in [2.24, 2.45) is 0 Å². The van der Waals surface area contributed by atoms with Gasteiger partial charge in [0.1, 0.15) is 0 Å². The Morgan fingerprint density at radius 2 is 1.94 bits per heavy atom. The summed E-state index contributed by atoms with van der Waals surface area (Å²) in [5, 5.41) is 0. The SMILES string of the molecule is CCC(=O)N(CCCCCl)c1ccccc1. The van der Waals surface area contributed by atoms with E-state index in [9.17, 15) is 4.79 Å². The van der Waals surface area contributed by atoms with Crippen LogP contribution in [0.15, 0.2) is 30.3 Å². The van der Waals surface area contributed by atoms with Gasteiger partial charge in [0.15, 0.2) is 0 Å². The van der Waals surface area contributed by atoms with Crippen LogP contribution in [0.5, 0.6) is 0 Å². The summed E-state index contributed by atoms with van der Waals surface area (Å²) in [6.07, 6.45) is 2.43. The normalized spacial score (nSPS) is 10.1. The number of carbonyl (C=O) groups excluding carboxylic acids is 1. The predicted molar refractivity (Wildman–Crippen MR) is 69.0 cm³/mol. The molecule has 0 unspecified atom stereocenters. The number of unbranched alkanes of at least 4 members (excludes halogenated alkanes) is 1. The van der Waals surface area contributed by atoms with Crippen molar-refractivity contribution in [1.29, 1.82) is 0 Å². The van der Waals surface area contributed by atoms with Crippen molar-refractivity contribution >= 4 is 23.2 Å². The highest BCUT2D eigenvalue weighted by molar-refractivity contribution is 6.17. The second kappa shape index (κ2) is 7.29. The molecule has 0 N–H and O–H groups in total. The van der Waals surface area contributed by atoms with Crippen LogP contribution in [0.1, 0.15) is 26.2 Å². The summed E-state index contributed by atoms with van der Waals surface area (Å²) in [6, 6.07) is 9.79. The van der Waals surface area contributed by atoms with Gasteiger partial charge in [0, 0.05) is 24.5 Å². The van der Waals surface area contributed by atoms with E-state index >= 15 is 0 Å². The summed E-state index contributed by atoms with van der Waals surface area (Å²) in [5.41, 5.74) is 0.976. The fourth-order valence-electron chi connectivity index (χ4n) is 1.56. The number of alkyl halides is 1. The summed E-state index contributed by atoms with van der Waals surface area (Å²) in [6.45, 7) is 2.64. The molecule has 0 saturated heterocycles. The number of benzene rings is 1. The minimum Gasteiger partial charge on any atom is -0.312 e. The van der Waals surface area contributed by atoms with Gasteiger partial charge >= 0.3 is 0 Å². The van der Waals surface area contributed by atoms with Gasteiger partial charge in [0.05, 0.1) is 0 Å². The van der Waals surface area contributed by atoms with Crippen LogP contribution in [0.25, 0.3) is 0 Å². The molecule has 3 heteroatoms. The van der Waals surface area contributed by atoms with E-state index in [1.807, 2.05) is 42.2 Å². The smallest absolute Gasteiger partial charge is 0.226 e. The highest BCUT2D eigenvalue weighted by Crippen LogP contribution is 2.15. The fraction of sp³-hybridized carbons (Fsp3) is 0.462. The lowest BCUT2D eigenvalue weighted by molar-refractivity contribution is -0.118. The molecule has 0 spiro atoms. The quantitative estimate of drug-likeness (QED) is 0.550. The van der Waals surface area contributed by atoms with Gasteiger partial charge in [-0.2, -0.15) is 0 Å². The van der Waals surface area contributed by atoms with Crippen LogP contribution in [0.2, 0.25) is 0 Å². The van der Waals surface area contributed by atoms with Crippen molar-refractivity contribution in [2.75, 3.05) is 17.3 Å². The molecule has 1 rings (SSSR count). The van der Waals surface area contributed by atoms with Crippen LogP contribution in [-0.2, 0) is 4.79 Å². The van der Waals surface area contributed by atoms with Crippen LogP contribution >= 0.6 is 11.6 Å². The van der Waals surface area contributed by atoms with E-state index in [0.29, 0.717) is 12.3 Å². The van der Waals surface area contributed by atoms with Crippen LogP contribution in [0.4, 0.5) is 5.69 Å². The Labute approximate surface area is 102 Å². The number of carbonyl (C=O) groups is 1. The molecule has 2 nitrogen and oxygen atoms in total. The average Bonchev–Trinajstić information content (AvgIpc) is 2.35. The van der Waals surface area contributed by atoms with Gasteiger partial charge in [-0.3, -0.25) is 4.79 Å². The standard InChI is InChI=1S/C13H18ClNO/c1-2-13(16)15(11-7-6-10-14)12-8-4-3-5-9-12/h3-5,8-9H,2,6-7,10-11H2,1H3. The van der Waals surface area contributed by atoms with Crippen molar-refractivity contribution < 1.29 is 4.79 Å². The number of hydrogen-bond acceptors (Lipinski definition) is 1. The number of hydrogen-bond donors (Lipinski definition) is 0. The summed E-state index contributed by atoms with van der Waals surface area (Å²) in [5.74, 6) is 0.823. The van der Waals surface area contributed by atoms with E-state index in [1.54, 1.807) is 0 Å². The lowest BCUT2D eigenvalue weighted by atomic mass is 10.2. The van der Waals surface area contributed by atoms with Gasteiger partial charge in [-0.15, -0.1) is 11.6 Å². The molecule has 0 radical (unpaired) electrons. The van der Waals surface area contributed by atoms with Crippen molar-refractivity contribution in [3.63, 3.8) is 0 Å². The lowest BCUT2D eigenvalue weighted by Gasteiger charge is -2.22. The minimum atomic E-state index is 0.167. The monoisotopic (exact) mass is 239 g/mol. The molecule has 0 bridgehead atoms. The van der Waals surface area contributed by atoms with Crippen molar-refractivity contribution in [1.82, 2.24) is 0 Å². The molecule has 0 atom stereocenters. The molecule has 1 amide bonds. The zero-order chi connectivity index (χ0) is 11.8. The minimum absolute atomic E-state index is 0.167. The molecule has 0 saturated carbocycles. The number of halogens is 1. The molecule has 0 fully saturated rings. The fourth-order valence-corrected chi connectivity index (χ4v) is 1.75. The van der Waals surface area contributed by atoms with Crippen molar-refractivity contribution in [2.45, 2.75) is 26.2 Å². The molecule has 16 heavy (non-hydrogen) atoms. The first-order valence-electron chi connectivity index (χ1n) is 5.71. The number of para-hydroxylation sites is 1. The summed E-state index contributed by atoms with van der Waals surface area (Å²) >= 11 is 5.64. The highest BCUT2D eigenvalue weighted by atomic mass is 35.5. The molecule has 1 aromatic carbocycles. The van der Waals surface area contributed by atoms with E-state index in [-0.39, 0.29) is 5.91 Å². The lowest BCUT2D eigenvalue weighted by Crippen LogP contribution is -2.31. The van der Waals surface area contributed by atoms with E-state index in [2.05, 4.69) is 0 Å². The summed E-state index contributed by atoms with van der Waals surface area (Å²) < 4.78 is 0. The highest BCUT2D eigenvalue weighted by Gasteiger charge is 2.12. The Hall–Kier alpha value is -1.02. The molecule has 0 aliphatic carbocycles. The zero-order valence-electron chi connectivity index (χ0n) is 9.66. The maximum Gasteiger partial charge on any atom is 0.226 e. The third kappa shape index (κ3) is 3.86. The topological polar surface area (TPSA) is 20.3 Å². The Balaban J connectivity index is 2.68. The van der Waals surface area contributed by atoms with Crippen molar-refractivity contribution in [3.8, 4) is 0 Å². The maximum absolute atomic E-state index is 11.8. The van der Waals surface area contributed by atoms with E-state index in [4.69, 9.17) is 11.6 Å². The number of rotatable bonds is 6. The van der Waals surface area contributed by atoms with Crippen LogP contribution < -0.4 is 4.90 Å². The average molecular weight is 240 g/mol. The van der Waals surface area contributed by atoms with Gasteiger partial charge in [0.2, 0.25) is 5.91 Å². The maximum atomic E-state index is 11.8. The molecule has 88 valence electrons. The van der Waals surface area contributed by atoms with Gasteiger partial charge in [-0.05, 0) is 25.0 Å². The molecule has 0 heterocycles. The van der Waals surface area contributed by atoms with Crippen LogP contribution in [0.3, 0.4) is 0 Å². The Morgan fingerprint density at radius 1 is 1.25 bits per heavy atom. The molecular weight excluding hydrogens is 222 g/mol. The van der Waals surface area contributed by atoms with Gasteiger partial charge < -0.3 is 4.90 Å². The predicted octanol–water partition coefficient (Wildman–Crippen LogP) is 3.45.